The fourth-order valence-electron chi connectivity index (χ4n) is 6.19. The van der Waals surface area contributed by atoms with E-state index in [4.69, 9.17) is 29.3 Å². The standard InChI is InChI=1S/C35H53N7O4S/c1-3-28(47-24-14-5-4-9-17-29(43)41-46-31-19-11-13-23-45-31)21-20-26(2)37-35-39-33(38-27-15-7-6-8-16-27)32-34(40-35)42(25-36-32)30-18-10-12-22-44-30/h3,20-21,25,27,30-31H,1,4-19,22-24H2,2H3,(H,41,43)(H2,37,38,39,40)/b26-20+,28-21+. The van der Waals surface area contributed by atoms with Crippen molar-refractivity contribution in [2.45, 2.75) is 128 Å². The minimum absolute atomic E-state index is 0.0497. The minimum Gasteiger partial charge on any atom is -0.365 e. The Morgan fingerprint density at radius 1 is 1.00 bits per heavy atom. The number of nitrogens with zero attached hydrogens (tertiary/aromatic N) is 4. The first kappa shape index (κ1) is 35.4. The number of hydrogen-bond acceptors (Lipinski definition) is 10. The predicted molar refractivity (Wildman–Crippen MR) is 189 cm³/mol. The summed E-state index contributed by atoms with van der Waals surface area (Å²) >= 11 is 1.79. The van der Waals surface area contributed by atoms with E-state index in [0.717, 1.165) is 117 Å². The van der Waals surface area contributed by atoms with Crippen LogP contribution in [0.5, 0.6) is 0 Å². The Kier molecular flexibility index (Phi) is 14.4. The average Bonchev–Trinajstić information content (AvgIpc) is 3.54. The van der Waals surface area contributed by atoms with Gasteiger partial charge in [0.2, 0.25) is 11.9 Å². The third-order valence-corrected chi connectivity index (χ3v) is 9.98. The van der Waals surface area contributed by atoms with Crippen molar-refractivity contribution in [3.05, 3.63) is 41.7 Å². The monoisotopic (exact) mass is 667 g/mol. The van der Waals surface area contributed by atoms with Gasteiger partial charge in [-0.05, 0) is 82.6 Å². The third kappa shape index (κ3) is 11.3. The molecule has 2 saturated heterocycles. The Bertz CT molecular complexity index is 1340. The van der Waals surface area contributed by atoms with Crippen LogP contribution in [0.1, 0.15) is 116 Å². The van der Waals surface area contributed by atoms with E-state index in [1.165, 1.54) is 19.3 Å². The van der Waals surface area contributed by atoms with Crippen molar-refractivity contribution < 1.29 is 19.1 Å². The van der Waals surface area contributed by atoms with Crippen LogP contribution >= 0.6 is 11.8 Å². The lowest BCUT2D eigenvalue weighted by atomic mass is 9.95. The molecule has 1 saturated carbocycles. The van der Waals surface area contributed by atoms with Crippen LogP contribution in [0.2, 0.25) is 0 Å². The van der Waals surface area contributed by atoms with E-state index in [0.29, 0.717) is 25.0 Å². The molecule has 11 nitrogen and oxygen atoms in total. The van der Waals surface area contributed by atoms with Gasteiger partial charge >= 0.3 is 0 Å². The SMILES string of the molecule is C=C/C(=C\C=C(/C)Nc1nc(NC2CCCCC2)c2ncn(C3CCCCO3)c2n1)SCCCCCCC(=O)NOC1CCCCO1. The molecule has 3 aliphatic rings. The molecule has 0 bridgehead atoms. The van der Waals surface area contributed by atoms with Gasteiger partial charge < -0.3 is 20.1 Å². The molecule has 3 fully saturated rings. The predicted octanol–water partition coefficient (Wildman–Crippen LogP) is 7.91. The van der Waals surface area contributed by atoms with Crippen molar-refractivity contribution >= 4 is 40.6 Å². The fourth-order valence-corrected chi connectivity index (χ4v) is 7.05. The summed E-state index contributed by atoms with van der Waals surface area (Å²) < 4.78 is 13.6. The smallest absolute Gasteiger partial charge is 0.243 e. The highest BCUT2D eigenvalue weighted by atomic mass is 32.2. The lowest BCUT2D eigenvalue weighted by Gasteiger charge is -2.25. The van der Waals surface area contributed by atoms with Gasteiger partial charge in [-0.25, -0.2) is 15.3 Å². The number of aromatic nitrogens is 4. The quantitative estimate of drug-likeness (QED) is 0.0871. The number of imidazole rings is 1. The van der Waals surface area contributed by atoms with Crippen molar-refractivity contribution in [3.8, 4) is 0 Å². The molecule has 0 spiro atoms. The molecule has 1 amide bonds. The zero-order valence-electron chi connectivity index (χ0n) is 28.0. The lowest BCUT2D eigenvalue weighted by Crippen LogP contribution is -2.32. The molecule has 258 valence electrons. The topological polar surface area (TPSA) is 124 Å². The van der Waals surface area contributed by atoms with E-state index >= 15 is 0 Å². The van der Waals surface area contributed by atoms with Crippen LogP contribution in [0.3, 0.4) is 0 Å². The molecule has 2 aromatic rings. The maximum atomic E-state index is 12.0. The Morgan fingerprint density at radius 3 is 2.55 bits per heavy atom. The van der Waals surface area contributed by atoms with Gasteiger partial charge in [0, 0.05) is 42.7 Å². The van der Waals surface area contributed by atoms with E-state index in [-0.39, 0.29) is 18.4 Å². The Balaban J connectivity index is 1.10. The summed E-state index contributed by atoms with van der Waals surface area (Å²) in [5, 5.41) is 7.11. The molecule has 2 unspecified atom stereocenters. The van der Waals surface area contributed by atoms with E-state index in [1.54, 1.807) is 11.8 Å². The van der Waals surface area contributed by atoms with E-state index in [9.17, 15) is 4.79 Å². The fraction of sp³-hybridized carbons (Fsp3) is 0.657. The normalized spacial score (nSPS) is 21.5. The summed E-state index contributed by atoms with van der Waals surface area (Å²) in [6, 6.07) is 0.401. The van der Waals surface area contributed by atoms with Crippen LogP contribution in [0.4, 0.5) is 11.8 Å². The van der Waals surface area contributed by atoms with Gasteiger partial charge in [-0.2, -0.15) is 9.97 Å². The second-order valence-electron chi connectivity index (χ2n) is 12.7. The van der Waals surface area contributed by atoms with Crippen molar-refractivity contribution in [2.75, 3.05) is 29.6 Å². The number of anilines is 2. The van der Waals surface area contributed by atoms with E-state index < -0.39 is 0 Å². The van der Waals surface area contributed by atoms with Gasteiger partial charge in [0.15, 0.2) is 23.3 Å². The second-order valence-corrected chi connectivity index (χ2v) is 13.9. The number of amides is 1. The summed E-state index contributed by atoms with van der Waals surface area (Å²) in [5.41, 5.74) is 5.06. The number of fused-ring (bicyclic) bond motifs is 1. The number of hydrogen-bond donors (Lipinski definition) is 3. The van der Waals surface area contributed by atoms with Crippen LogP contribution in [-0.2, 0) is 19.1 Å². The van der Waals surface area contributed by atoms with E-state index in [1.807, 2.05) is 25.4 Å². The molecular formula is C35H53N7O4S. The van der Waals surface area contributed by atoms with Crippen molar-refractivity contribution in [1.82, 2.24) is 25.0 Å². The number of carbonyl (C=O) groups is 1. The number of carbonyl (C=O) groups excluding carboxylic acids is 1. The third-order valence-electron chi connectivity index (χ3n) is 8.85. The Morgan fingerprint density at radius 2 is 1.79 bits per heavy atom. The van der Waals surface area contributed by atoms with Crippen molar-refractivity contribution in [3.63, 3.8) is 0 Å². The van der Waals surface area contributed by atoms with Crippen LogP contribution in [-0.4, -0.2) is 56.7 Å². The first-order valence-electron chi connectivity index (χ1n) is 17.7. The van der Waals surface area contributed by atoms with Gasteiger partial charge in [0.25, 0.3) is 0 Å². The van der Waals surface area contributed by atoms with Gasteiger partial charge in [-0.15, -0.1) is 11.8 Å². The summed E-state index contributed by atoms with van der Waals surface area (Å²) in [6.45, 7) is 7.49. The highest BCUT2D eigenvalue weighted by Crippen LogP contribution is 2.30. The number of ether oxygens (including phenoxy) is 2. The molecule has 4 heterocycles. The number of thioether (sulfide) groups is 1. The van der Waals surface area contributed by atoms with Crippen LogP contribution in [0, 0.1) is 0 Å². The summed E-state index contributed by atoms with van der Waals surface area (Å²) in [7, 11) is 0. The van der Waals surface area contributed by atoms with Crippen LogP contribution in [0.15, 0.2) is 41.7 Å². The van der Waals surface area contributed by atoms with Gasteiger partial charge in [0.1, 0.15) is 6.23 Å². The maximum absolute atomic E-state index is 12.0. The van der Waals surface area contributed by atoms with Crippen molar-refractivity contribution in [1.29, 1.82) is 0 Å². The Hall–Kier alpha value is -2.93. The largest absolute Gasteiger partial charge is 0.365 e. The van der Waals surface area contributed by atoms with Crippen LogP contribution in [0.25, 0.3) is 11.2 Å². The molecule has 2 atom stereocenters. The maximum Gasteiger partial charge on any atom is 0.243 e. The number of hydroxylamine groups is 1. The summed E-state index contributed by atoms with van der Waals surface area (Å²) in [6.07, 6.45) is 24.2. The average molecular weight is 668 g/mol. The number of nitrogens with one attached hydrogen (secondary N) is 3. The van der Waals surface area contributed by atoms with Crippen LogP contribution < -0.4 is 16.1 Å². The molecule has 3 N–H and O–H groups in total. The summed E-state index contributed by atoms with van der Waals surface area (Å²) in [5.74, 6) is 2.25. The van der Waals surface area contributed by atoms with Gasteiger partial charge in [0.05, 0.1) is 6.33 Å². The number of allylic oxidation sites excluding steroid dienone is 4. The molecule has 0 radical (unpaired) electrons. The number of unbranched alkanes of at least 4 members (excludes halogenated alkanes) is 3. The molecule has 2 aromatic heterocycles. The molecule has 2 aliphatic heterocycles. The molecular weight excluding hydrogens is 614 g/mol. The first-order valence-corrected chi connectivity index (χ1v) is 18.7. The molecule has 47 heavy (non-hydrogen) atoms. The molecule has 0 aromatic carbocycles. The molecule has 5 rings (SSSR count). The van der Waals surface area contributed by atoms with Gasteiger partial charge in [-0.1, -0.05) is 44.8 Å². The summed E-state index contributed by atoms with van der Waals surface area (Å²) in [4.78, 5) is 33.0. The highest BCUT2D eigenvalue weighted by molar-refractivity contribution is 8.03. The van der Waals surface area contributed by atoms with E-state index in [2.05, 4.69) is 33.3 Å². The lowest BCUT2D eigenvalue weighted by molar-refractivity contribution is -0.200. The first-order chi connectivity index (χ1) is 23.1. The minimum atomic E-state index is -0.304. The zero-order chi connectivity index (χ0) is 32.7. The zero-order valence-corrected chi connectivity index (χ0v) is 28.8. The number of rotatable bonds is 17. The highest BCUT2D eigenvalue weighted by Gasteiger charge is 2.23. The second kappa shape index (κ2) is 19.2. The Labute approximate surface area is 283 Å². The van der Waals surface area contributed by atoms with Crippen molar-refractivity contribution in [2.24, 2.45) is 0 Å². The molecule has 1 aliphatic carbocycles. The molecule has 12 heteroatoms. The van der Waals surface area contributed by atoms with Gasteiger partial charge in [-0.3, -0.25) is 9.36 Å².